The van der Waals surface area contributed by atoms with Crippen molar-refractivity contribution in [2.24, 2.45) is 0 Å². The molecule has 0 unspecified atom stereocenters. The Morgan fingerprint density at radius 3 is 2.50 bits per heavy atom. The van der Waals surface area contributed by atoms with E-state index in [1.54, 1.807) is 0 Å². The van der Waals surface area contributed by atoms with E-state index in [1.165, 1.54) is 13.0 Å². The number of sulfonamides is 1. The van der Waals surface area contributed by atoms with Crippen molar-refractivity contribution >= 4 is 21.5 Å². The van der Waals surface area contributed by atoms with Crippen molar-refractivity contribution in [2.45, 2.75) is 11.8 Å². The van der Waals surface area contributed by atoms with Crippen LogP contribution in [0.2, 0.25) is 0 Å². The molecule has 8 heteroatoms. The highest BCUT2D eigenvalue weighted by Crippen LogP contribution is 2.22. The number of pyridine rings is 1. The molecular weight excluding hydrogens is 288 g/mol. The van der Waals surface area contributed by atoms with E-state index in [0.29, 0.717) is 0 Å². The van der Waals surface area contributed by atoms with E-state index < -0.39 is 21.7 Å². The third kappa shape index (κ3) is 2.85. The Morgan fingerprint density at radius 2 is 1.95 bits per heavy atom. The van der Waals surface area contributed by atoms with Crippen molar-refractivity contribution in [3.05, 3.63) is 47.7 Å². The largest absolute Gasteiger partial charge is 0.396 e. The Morgan fingerprint density at radius 1 is 1.25 bits per heavy atom. The fourth-order valence-corrected chi connectivity index (χ4v) is 2.68. The Labute approximate surface area is 114 Å². The Hall–Kier alpha value is -2.22. The van der Waals surface area contributed by atoms with Crippen LogP contribution in [0.15, 0.2) is 35.4 Å². The van der Waals surface area contributed by atoms with Crippen LogP contribution in [0, 0.1) is 18.6 Å². The number of nitrogens with two attached hydrogens (primary N) is 1. The highest BCUT2D eigenvalue weighted by atomic mass is 32.2. The molecule has 1 aromatic carbocycles. The van der Waals surface area contributed by atoms with Crippen LogP contribution in [0.1, 0.15) is 5.56 Å². The number of nitrogens with one attached hydrogen (secondary N) is 1. The van der Waals surface area contributed by atoms with Gasteiger partial charge in [0.05, 0.1) is 16.8 Å². The minimum atomic E-state index is -3.97. The predicted octanol–water partition coefficient (Wildman–Crippen LogP) is 2.05. The number of nitrogen functional groups attached to an aromatic ring is 1. The maximum Gasteiger partial charge on any atom is 0.263 e. The lowest BCUT2D eigenvalue weighted by Gasteiger charge is -2.09. The van der Waals surface area contributed by atoms with E-state index in [1.807, 2.05) is 0 Å². The maximum atomic E-state index is 13.4. The fraction of sp³-hybridized carbons (Fsp3) is 0.0833. The maximum absolute atomic E-state index is 13.4. The van der Waals surface area contributed by atoms with E-state index in [2.05, 4.69) is 9.71 Å². The van der Waals surface area contributed by atoms with Gasteiger partial charge >= 0.3 is 0 Å². The topological polar surface area (TPSA) is 85.1 Å². The van der Waals surface area contributed by atoms with Gasteiger partial charge in [0.1, 0.15) is 17.5 Å². The Bertz CT molecular complexity index is 723. The first-order valence-corrected chi connectivity index (χ1v) is 6.98. The number of anilines is 2. The van der Waals surface area contributed by atoms with Gasteiger partial charge in [0.2, 0.25) is 0 Å². The normalized spacial score (nSPS) is 11.3. The second-order valence-corrected chi connectivity index (χ2v) is 5.79. The summed E-state index contributed by atoms with van der Waals surface area (Å²) in [6, 6.07) is 4.40. The van der Waals surface area contributed by atoms with Gasteiger partial charge in [-0.05, 0) is 36.8 Å². The Kier molecular flexibility index (Phi) is 3.58. The first kappa shape index (κ1) is 14.2. The molecule has 0 atom stereocenters. The summed E-state index contributed by atoms with van der Waals surface area (Å²) >= 11 is 0. The van der Waals surface area contributed by atoms with Gasteiger partial charge in [0, 0.05) is 0 Å². The van der Waals surface area contributed by atoms with E-state index in [9.17, 15) is 17.2 Å². The van der Waals surface area contributed by atoms with Gasteiger partial charge in [-0.15, -0.1) is 0 Å². The summed E-state index contributed by atoms with van der Waals surface area (Å²) in [4.78, 5) is 3.39. The van der Waals surface area contributed by atoms with Crippen molar-refractivity contribution in [2.75, 3.05) is 10.5 Å². The lowest BCUT2D eigenvalue weighted by Crippen LogP contribution is -2.15. The molecule has 5 nitrogen and oxygen atoms in total. The number of aromatic nitrogens is 1. The smallest absolute Gasteiger partial charge is 0.263 e. The van der Waals surface area contributed by atoms with Crippen LogP contribution < -0.4 is 10.5 Å². The average molecular weight is 299 g/mol. The fourth-order valence-electron chi connectivity index (χ4n) is 1.55. The summed E-state index contributed by atoms with van der Waals surface area (Å²) in [5, 5.41) is 0. The van der Waals surface area contributed by atoms with Crippen molar-refractivity contribution in [1.29, 1.82) is 0 Å². The molecule has 0 amide bonds. The third-order valence-electron chi connectivity index (χ3n) is 2.53. The first-order chi connectivity index (χ1) is 9.29. The van der Waals surface area contributed by atoms with Gasteiger partial charge in [-0.1, -0.05) is 0 Å². The summed E-state index contributed by atoms with van der Waals surface area (Å²) in [7, 11) is -3.97. The van der Waals surface area contributed by atoms with E-state index >= 15 is 0 Å². The standard InChI is InChI=1S/C12H11F2N3O2S/c1-7-4-9(5-10(15)12(7)14)20(18,19)17-11-3-2-8(13)6-16-11/h2-6H,15H2,1H3,(H,16,17). The molecule has 1 aromatic heterocycles. The first-order valence-electron chi connectivity index (χ1n) is 5.49. The van der Waals surface area contributed by atoms with Gasteiger partial charge in [-0.2, -0.15) is 0 Å². The minimum absolute atomic E-state index is 0.0491. The van der Waals surface area contributed by atoms with Gasteiger partial charge < -0.3 is 5.73 Å². The highest BCUT2D eigenvalue weighted by Gasteiger charge is 2.18. The zero-order chi connectivity index (χ0) is 14.9. The molecule has 3 N–H and O–H groups in total. The lowest BCUT2D eigenvalue weighted by molar-refractivity contribution is 0.598. The number of nitrogens with zero attached hydrogens (tertiary/aromatic N) is 1. The summed E-state index contributed by atoms with van der Waals surface area (Å²) in [5.74, 6) is -1.30. The molecule has 0 aliphatic rings. The van der Waals surface area contributed by atoms with Crippen LogP contribution in [0.5, 0.6) is 0 Å². The molecule has 0 aliphatic heterocycles. The number of halogens is 2. The van der Waals surface area contributed by atoms with Crippen molar-refractivity contribution in [3.8, 4) is 0 Å². The summed E-state index contributed by atoms with van der Waals surface area (Å²) in [6.45, 7) is 1.40. The molecule has 0 aliphatic carbocycles. The van der Waals surface area contributed by atoms with E-state index in [0.717, 1.165) is 24.4 Å². The highest BCUT2D eigenvalue weighted by molar-refractivity contribution is 7.92. The van der Waals surface area contributed by atoms with Crippen LogP contribution in [-0.4, -0.2) is 13.4 Å². The minimum Gasteiger partial charge on any atom is -0.396 e. The number of benzene rings is 1. The van der Waals surface area contributed by atoms with Gasteiger partial charge in [0.15, 0.2) is 0 Å². The molecule has 0 bridgehead atoms. The van der Waals surface area contributed by atoms with Crippen molar-refractivity contribution in [3.63, 3.8) is 0 Å². The molecular formula is C12H11F2N3O2S. The second-order valence-electron chi connectivity index (χ2n) is 4.11. The molecule has 0 saturated carbocycles. The van der Waals surface area contributed by atoms with Gasteiger partial charge in [0.25, 0.3) is 10.0 Å². The molecule has 0 fully saturated rings. The number of hydrogen-bond donors (Lipinski definition) is 2. The molecule has 2 aromatic rings. The second kappa shape index (κ2) is 5.04. The summed E-state index contributed by atoms with van der Waals surface area (Å²) in [6.07, 6.45) is 0.877. The molecule has 2 rings (SSSR count). The van der Waals surface area contributed by atoms with Crippen LogP contribution in [0.25, 0.3) is 0 Å². The van der Waals surface area contributed by atoms with Crippen molar-refractivity contribution in [1.82, 2.24) is 4.98 Å². The van der Waals surface area contributed by atoms with Crippen LogP contribution in [0.3, 0.4) is 0 Å². The number of aryl methyl sites for hydroxylation is 1. The average Bonchev–Trinajstić information content (AvgIpc) is 2.38. The molecule has 20 heavy (non-hydrogen) atoms. The number of rotatable bonds is 3. The molecule has 1 heterocycles. The predicted molar refractivity (Wildman–Crippen MR) is 70.6 cm³/mol. The van der Waals surface area contributed by atoms with Crippen LogP contribution >= 0.6 is 0 Å². The zero-order valence-electron chi connectivity index (χ0n) is 10.4. The molecule has 0 saturated heterocycles. The third-order valence-corrected chi connectivity index (χ3v) is 3.87. The summed E-state index contributed by atoms with van der Waals surface area (Å²) in [5.41, 5.74) is 5.24. The monoisotopic (exact) mass is 299 g/mol. The molecule has 0 spiro atoms. The molecule has 106 valence electrons. The Balaban J connectivity index is 2.38. The lowest BCUT2D eigenvalue weighted by atomic mass is 10.2. The summed E-state index contributed by atoms with van der Waals surface area (Å²) < 4.78 is 52.4. The zero-order valence-corrected chi connectivity index (χ0v) is 11.2. The van der Waals surface area contributed by atoms with Gasteiger partial charge in [-0.25, -0.2) is 22.2 Å². The van der Waals surface area contributed by atoms with Crippen LogP contribution in [0.4, 0.5) is 20.3 Å². The number of hydrogen-bond acceptors (Lipinski definition) is 4. The van der Waals surface area contributed by atoms with Crippen LogP contribution in [-0.2, 0) is 10.0 Å². The van der Waals surface area contributed by atoms with E-state index in [4.69, 9.17) is 5.73 Å². The molecule has 0 radical (unpaired) electrons. The van der Waals surface area contributed by atoms with Crippen molar-refractivity contribution < 1.29 is 17.2 Å². The van der Waals surface area contributed by atoms with Gasteiger partial charge in [-0.3, -0.25) is 4.72 Å². The SMILES string of the molecule is Cc1cc(S(=O)(=O)Nc2ccc(F)cn2)cc(N)c1F. The van der Waals surface area contributed by atoms with E-state index in [-0.39, 0.29) is 22.0 Å². The quantitative estimate of drug-likeness (QED) is 0.849.